The first kappa shape index (κ1) is 25.2. The van der Waals surface area contributed by atoms with E-state index in [0.29, 0.717) is 27.9 Å². The van der Waals surface area contributed by atoms with Crippen molar-refractivity contribution < 1.29 is 14.3 Å². The van der Waals surface area contributed by atoms with Crippen LogP contribution in [0.4, 0.5) is 16.2 Å². The number of urea groups is 1. The lowest BCUT2D eigenvalue weighted by Gasteiger charge is -2.10. The molecule has 9 heteroatoms. The zero-order valence-corrected chi connectivity index (χ0v) is 20.2. The summed E-state index contributed by atoms with van der Waals surface area (Å²) in [6, 6.07) is 26.1. The smallest absolute Gasteiger partial charge is 0.323 e. The molecule has 0 spiro atoms. The van der Waals surface area contributed by atoms with E-state index >= 15 is 0 Å². The number of hydrogen-bond donors (Lipinski definition) is 3. The maximum atomic E-state index is 12.4. The van der Waals surface area contributed by atoms with E-state index in [0.717, 1.165) is 5.56 Å². The highest BCUT2D eigenvalue weighted by atomic mass is 35.5. The van der Waals surface area contributed by atoms with Crippen molar-refractivity contribution in [2.75, 3.05) is 10.6 Å². The first-order valence-corrected chi connectivity index (χ1v) is 11.6. The standard InChI is InChI=1S/C28H22ClN5O3/c29-21-8-10-22(11-9-21)32-28(36)33-23-12-14-24(15-13-23)37-25-16-18-30-26(19-25)27(35)34-31-17-4-7-20-5-2-1-3-6-20/h1-19H,(H,34,35)(H2,32,33,36)/b7-4+,31-17+. The molecule has 184 valence electrons. The number of nitrogens with zero attached hydrogens (tertiary/aromatic N) is 2. The van der Waals surface area contributed by atoms with Gasteiger partial charge in [0.2, 0.25) is 0 Å². The second-order valence-corrected chi connectivity index (χ2v) is 8.01. The molecule has 0 radical (unpaired) electrons. The Morgan fingerprint density at radius 1 is 0.838 bits per heavy atom. The number of benzene rings is 3. The predicted octanol–water partition coefficient (Wildman–Crippen LogP) is 6.60. The molecular formula is C28H22ClN5O3. The average Bonchev–Trinajstić information content (AvgIpc) is 2.91. The Balaban J connectivity index is 1.28. The number of pyridine rings is 1. The van der Waals surface area contributed by atoms with Crippen LogP contribution < -0.4 is 20.8 Å². The number of carbonyl (C=O) groups is 2. The van der Waals surface area contributed by atoms with Gasteiger partial charge in [0.25, 0.3) is 5.91 Å². The molecule has 0 bridgehead atoms. The molecule has 8 nitrogen and oxygen atoms in total. The van der Waals surface area contributed by atoms with Gasteiger partial charge in [-0.2, -0.15) is 5.10 Å². The van der Waals surface area contributed by atoms with Crippen LogP contribution in [0.3, 0.4) is 0 Å². The van der Waals surface area contributed by atoms with E-state index in [1.54, 1.807) is 60.7 Å². The van der Waals surface area contributed by atoms with Crippen molar-refractivity contribution in [3.63, 3.8) is 0 Å². The topological polar surface area (TPSA) is 105 Å². The summed E-state index contributed by atoms with van der Waals surface area (Å²) in [7, 11) is 0. The normalized spacial score (nSPS) is 10.8. The largest absolute Gasteiger partial charge is 0.457 e. The highest BCUT2D eigenvalue weighted by molar-refractivity contribution is 6.30. The molecule has 0 atom stereocenters. The molecule has 0 fully saturated rings. The molecule has 3 aromatic carbocycles. The maximum absolute atomic E-state index is 12.4. The summed E-state index contributed by atoms with van der Waals surface area (Å²) in [6.45, 7) is 0. The number of ether oxygens (including phenoxy) is 1. The monoisotopic (exact) mass is 511 g/mol. The minimum absolute atomic E-state index is 0.152. The van der Waals surface area contributed by atoms with Crippen LogP contribution in [-0.2, 0) is 0 Å². The molecule has 0 unspecified atom stereocenters. The van der Waals surface area contributed by atoms with Crippen LogP contribution in [-0.4, -0.2) is 23.1 Å². The van der Waals surface area contributed by atoms with Crippen molar-refractivity contribution in [1.29, 1.82) is 0 Å². The zero-order valence-electron chi connectivity index (χ0n) is 19.5. The molecule has 4 aromatic rings. The summed E-state index contributed by atoms with van der Waals surface area (Å²) in [6.07, 6.45) is 6.55. The Labute approximate surface area is 218 Å². The highest BCUT2D eigenvalue weighted by Gasteiger charge is 2.09. The van der Waals surface area contributed by atoms with Crippen LogP contribution in [0.25, 0.3) is 6.08 Å². The van der Waals surface area contributed by atoms with Gasteiger partial charge in [-0.15, -0.1) is 0 Å². The van der Waals surface area contributed by atoms with E-state index in [1.807, 2.05) is 36.4 Å². The highest BCUT2D eigenvalue weighted by Crippen LogP contribution is 2.23. The molecule has 1 heterocycles. The van der Waals surface area contributed by atoms with Crippen molar-refractivity contribution in [3.8, 4) is 11.5 Å². The van der Waals surface area contributed by atoms with Gasteiger partial charge in [-0.25, -0.2) is 10.2 Å². The van der Waals surface area contributed by atoms with Crippen LogP contribution in [0.1, 0.15) is 16.1 Å². The van der Waals surface area contributed by atoms with Crippen LogP contribution in [0.5, 0.6) is 11.5 Å². The number of carbonyl (C=O) groups excluding carboxylic acids is 2. The van der Waals surface area contributed by atoms with Gasteiger partial charge in [-0.3, -0.25) is 9.78 Å². The first-order valence-electron chi connectivity index (χ1n) is 11.2. The fourth-order valence-corrected chi connectivity index (χ4v) is 3.21. The van der Waals surface area contributed by atoms with E-state index in [2.05, 4.69) is 26.1 Å². The van der Waals surface area contributed by atoms with Crippen LogP contribution in [0.2, 0.25) is 5.02 Å². The lowest BCUT2D eigenvalue weighted by molar-refractivity contribution is 0.0950. The van der Waals surface area contributed by atoms with E-state index in [-0.39, 0.29) is 11.7 Å². The van der Waals surface area contributed by atoms with Gasteiger partial charge < -0.3 is 15.4 Å². The molecule has 3 amide bonds. The first-order chi connectivity index (χ1) is 18.0. The molecule has 37 heavy (non-hydrogen) atoms. The van der Waals surface area contributed by atoms with Crippen molar-refractivity contribution in [3.05, 3.63) is 120 Å². The molecule has 0 saturated carbocycles. The molecule has 0 aliphatic heterocycles. The minimum Gasteiger partial charge on any atom is -0.457 e. The van der Waals surface area contributed by atoms with Crippen molar-refractivity contribution in [1.82, 2.24) is 10.4 Å². The van der Waals surface area contributed by atoms with Gasteiger partial charge in [0.05, 0.1) is 0 Å². The molecule has 0 aliphatic carbocycles. The number of nitrogens with one attached hydrogen (secondary N) is 3. The van der Waals surface area contributed by atoms with Crippen LogP contribution in [0, 0.1) is 0 Å². The summed E-state index contributed by atoms with van der Waals surface area (Å²) in [4.78, 5) is 28.6. The maximum Gasteiger partial charge on any atom is 0.323 e. The fourth-order valence-electron chi connectivity index (χ4n) is 3.08. The summed E-state index contributed by atoms with van der Waals surface area (Å²) in [5.74, 6) is 0.473. The average molecular weight is 512 g/mol. The number of hydrazone groups is 1. The van der Waals surface area contributed by atoms with Crippen molar-refractivity contribution >= 4 is 47.2 Å². The lowest BCUT2D eigenvalue weighted by atomic mass is 10.2. The number of halogens is 1. The van der Waals surface area contributed by atoms with Gasteiger partial charge in [0, 0.05) is 34.9 Å². The number of aromatic nitrogens is 1. The molecule has 0 aliphatic rings. The van der Waals surface area contributed by atoms with Crippen molar-refractivity contribution in [2.45, 2.75) is 0 Å². The van der Waals surface area contributed by atoms with Gasteiger partial charge in [0.15, 0.2) is 0 Å². The minimum atomic E-state index is -0.471. The Bertz CT molecular complexity index is 1410. The van der Waals surface area contributed by atoms with E-state index in [4.69, 9.17) is 16.3 Å². The fraction of sp³-hybridized carbons (Fsp3) is 0. The van der Waals surface area contributed by atoms with Gasteiger partial charge in [0.1, 0.15) is 17.2 Å². The van der Waals surface area contributed by atoms with E-state index < -0.39 is 5.91 Å². The summed E-state index contributed by atoms with van der Waals surface area (Å²) in [5.41, 5.74) is 4.80. The van der Waals surface area contributed by atoms with Gasteiger partial charge in [-0.1, -0.05) is 48.0 Å². The third-order valence-corrected chi connectivity index (χ3v) is 5.08. The van der Waals surface area contributed by atoms with E-state index in [9.17, 15) is 9.59 Å². The van der Waals surface area contributed by atoms with E-state index in [1.165, 1.54) is 18.5 Å². The number of hydrogen-bond acceptors (Lipinski definition) is 5. The number of anilines is 2. The molecule has 3 N–H and O–H groups in total. The second kappa shape index (κ2) is 12.7. The Morgan fingerprint density at radius 2 is 1.51 bits per heavy atom. The summed E-state index contributed by atoms with van der Waals surface area (Å²) in [5, 5.41) is 9.95. The molecule has 4 rings (SSSR count). The Morgan fingerprint density at radius 3 is 2.22 bits per heavy atom. The lowest BCUT2D eigenvalue weighted by Crippen LogP contribution is -2.19. The molecular weight excluding hydrogens is 490 g/mol. The summed E-state index contributed by atoms with van der Waals surface area (Å²) < 4.78 is 5.82. The Hall–Kier alpha value is -4.95. The molecule has 0 saturated heterocycles. The van der Waals surface area contributed by atoms with Gasteiger partial charge >= 0.3 is 6.03 Å². The second-order valence-electron chi connectivity index (χ2n) is 7.58. The number of amides is 3. The SMILES string of the molecule is O=C(Nc1ccc(Cl)cc1)Nc1ccc(Oc2ccnc(C(=O)N/N=C/C=C/c3ccccc3)c2)cc1. The number of rotatable bonds is 8. The predicted molar refractivity (Wildman–Crippen MR) is 146 cm³/mol. The third kappa shape index (κ3) is 8.05. The van der Waals surface area contributed by atoms with Crippen LogP contribution >= 0.6 is 11.6 Å². The number of allylic oxidation sites excluding steroid dienone is 1. The third-order valence-electron chi connectivity index (χ3n) is 4.83. The van der Waals surface area contributed by atoms with Gasteiger partial charge in [-0.05, 0) is 66.2 Å². The quantitative estimate of drug-likeness (QED) is 0.183. The van der Waals surface area contributed by atoms with Crippen molar-refractivity contribution in [2.24, 2.45) is 5.10 Å². The Kier molecular flexibility index (Phi) is 8.61. The zero-order chi connectivity index (χ0) is 25.9. The van der Waals surface area contributed by atoms with Crippen LogP contribution in [0.15, 0.2) is 108 Å². The molecule has 1 aromatic heterocycles. The summed E-state index contributed by atoms with van der Waals surface area (Å²) >= 11 is 5.85.